The van der Waals surface area contributed by atoms with Crippen LogP contribution in [0.15, 0.2) is 170 Å². The Morgan fingerprint density at radius 2 is 1.04 bits per heavy atom. The van der Waals surface area contributed by atoms with Crippen molar-refractivity contribution in [1.29, 1.82) is 0 Å². The molecule has 0 spiro atoms. The molecule has 1 nitrogen and oxygen atoms in total. The molecule has 9 aromatic rings. The summed E-state index contributed by atoms with van der Waals surface area (Å²) in [4.78, 5) is 0. The van der Waals surface area contributed by atoms with E-state index in [-0.39, 0.29) is 0 Å². The fourth-order valence-electron chi connectivity index (χ4n) is 7.63. The van der Waals surface area contributed by atoms with E-state index in [1.54, 1.807) is 0 Å². The van der Waals surface area contributed by atoms with Gasteiger partial charge in [-0.3, -0.25) is 0 Å². The van der Waals surface area contributed by atoms with Gasteiger partial charge in [-0.05, 0) is 101 Å². The Balaban J connectivity index is 1.18. The van der Waals surface area contributed by atoms with Gasteiger partial charge in [-0.1, -0.05) is 140 Å². The first-order valence-electron chi connectivity index (χ1n) is 16.2. The molecule has 0 amide bonds. The van der Waals surface area contributed by atoms with Gasteiger partial charge in [0.2, 0.25) is 0 Å². The molecule has 47 heavy (non-hydrogen) atoms. The van der Waals surface area contributed by atoms with E-state index in [0.29, 0.717) is 0 Å². The van der Waals surface area contributed by atoms with Crippen molar-refractivity contribution in [3.05, 3.63) is 170 Å². The second kappa shape index (κ2) is 10.2. The molecule has 0 unspecified atom stereocenters. The van der Waals surface area contributed by atoms with Crippen LogP contribution in [0.4, 0.5) is 0 Å². The third-order valence-corrected chi connectivity index (χ3v) is 9.82. The highest BCUT2D eigenvalue weighted by Crippen LogP contribution is 2.51. The van der Waals surface area contributed by atoms with Gasteiger partial charge in [-0.15, -0.1) is 0 Å². The summed E-state index contributed by atoms with van der Waals surface area (Å²) in [6, 6.07) is 61.5. The molecule has 0 saturated carbocycles. The van der Waals surface area contributed by atoms with Crippen LogP contribution in [-0.2, 0) is 0 Å². The van der Waals surface area contributed by atoms with Crippen molar-refractivity contribution in [2.24, 2.45) is 0 Å². The molecule has 9 aromatic carbocycles. The Morgan fingerprint density at radius 1 is 0.319 bits per heavy atom. The smallest absolute Gasteiger partial charge is 0.143 e. The zero-order valence-electron chi connectivity index (χ0n) is 25.6. The number of rotatable bonds is 3. The highest BCUT2D eigenvalue weighted by Gasteiger charge is 2.24. The first kappa shape index (κ1) is 26.1. The molecule has 0 atom stereocenters. The largest absolute Gasteiger partial charge is 0.455 e. The molecular formula is C46H28O. The molecule has 0 saturated heterocycles. The maximum absolute atomic E-state index is 6.86. The molecule has 1 aliphatic heterocycles. The van der Waals surface area contributed by atoms with E-state index < -0.39 is 0 Å². The second-order valence-corrected chi connectivity index (χ2v) is 12.5. The van der Waals surface area contributed by atoms with Crippen LogP contribution in [0.5, 0.6) is 11.5 Å². The first-order chi connectivity index (χ1) is 23.3. The molecule has 1 heterocycles. The normalized spacial score (nSPS) is 12.0. The maximum atomic E-state index is 6.86. The number of fused-ring (bicyclic) bond motifs is 6. The van der Waals surface area contributed by atoms with Crippen LogP contribution < -0.4 is 4.74 Å². The molecule has 0 aromatic heterocycles. The first-order valence-corrected chi connectivity index (χ1v) is 16.2. The summed E-state index contributed by atoms with van der Waals surface area (Å²) >= 11 is 0. The summed E-state index contributed by atoms with van der Waals surface area (Å²) < 4.78 is 6.86. The summed E-state index contributed by atoms with van der Waals surface area (Å²) in [7, 11) is 0. The molecule has 0 bridgehead atoms. The molecule has 1 aliphatic rings. The highest BCUT2D eigenvalue weighted by atomic mass is 16.5. The third-order valence-electron chi connectivity index (χ3n) is 9.82. The summed E-state index contributed by atoms with van der Waals surface area (Å²) in [5, 5.41) is 9.93. The van der Waals surface area contributed by atoms with Crippen LogP contribution >= 0.6 is 0 Å². The van der Waals surface area contributed by atoms with Crippen LogP contribution in [-0.4, -0.2) is 0 Å². The number of hydrogen-bond donors (Lipinski definition) is 0. The van der Waals surface area contributed by atoms with Crippen molar-refractivity contribution in [1.82, 2.24) is 0 Å². The molecular weight excluding hydrogens is 569 g/mol. The van der Waals surface area contributed by atoms with Crippen LogP contribution in [0.3, 0.4) is 0 Å². The van der Waals surface area contributed by atoms with Crippen molar-refractivity contribution in [3.8, 4) is 56.0 Å². The Morgan fingerprint density at radius 3 is 1.96 bits per heavy atom. The Hall–Kier alpha value is -6.18. The predicted molar refractivity (Wildman–Crippen MR) is 198 cm³/mol. The molecule has 10 rings (SSSR count). The minimum absolute atomic E-state index is 0.889. The van der Waals surface area contributed by atoms with E-state index in [4.69, 9.17) is 4.74 Å². The van der Waals surface area contributed by atoms with Crippen molar-refractivity contribution in [3.63, 3.8) is 0 Å². The summed E-state index contributed by atoms with van der Waals surface area (Å²) in [6.07, 6.45) is 0. The number of ether oxygens (including phenoxy) is 1. The van der Waals surface area contributed by atoms with Gasteiger partial charge in [0.15, 0.2) is 0 Å². The van der Waals surface area contributed by atoms with Crippen LogP contribution in [0.2, 0.25) is 0 Å². The molecule has 0 radical (unpaired) electrons. The molecule has 0 aliphatic carbocycles. The highest BCUT2D eigenvalue weighted by molar-refractivity contribution is 6.20. The van der Waals surface area contributed by atoms with Gasteiger partial charge in [0.05, 0.1) is 0 Å². The van der Waals surface area contributed by atoms with Gasteiger partial charge in [0.1, 0.15) is 11.5 Å². The van der Waals surface area contributed by atoms with Crippen LogP contribution in [0.25, 0.3) is 87.6 Å². The van der Waals surface area contributed by atoms with Crippen LogP contribution in [0.1, 0.15) is 0 Å². The zero-order valence-corrected chi connectivity index (χ0v) is 25.6. The lowest BCUT2D eigenvalue weighted by Gasteiger charge is -2.24. The molecule has 218 valence electrons. The average molecular weight is 597 g/mol. The van der Waals surface area contributed by atoms with E-state index in [0.717, 1.165) is 33.6 Å². The Labute approximate surface area is 272 Å². The van der Waals surface area contributed by atoms with Crippen LogP contribution in [0, 0.1) is 0 Å². The van der Waals surface area contributed by atoms with Gasteiger partial charge in [-0.2, -0.15) is 0 Å². The third kappa shape index (κ3) is 4.03. The summed E-state index contributed by atoms with van der Waals surface area (Å²) in [5.41, 5.74) is 9.43. The second-order valence-electron chi connectivity index (χ2n) is 12.5. The van der Waals surface area contributed by atoms with E-state index in [1.165, 1.54) is 65.5 Å². The number of hydrogen-bond acceptors (Lipinski definition) is 1. The average Bonchev–Trinajstić information content (AvgIpc) is 3.14. The summed E-state index contributed by atoms with van der Waals surface area (Å²) in [6.45, 7) is 0. The van der Waals surface area contributed by atoms with Gasteiger partial charge in [-0.25, -0.2) is 0 Å². The molecule has 0 N–H and O–H groups in total. The minimum Gasteiger partial charge on any atom is -0.455 e. The minimum atomic E-state index is 0.889. The lowest BCUT2D eigenvalue weighted by Crippen LogP contribution is -1.99. The SMILES string of the molecule is c1ccc(-c2ccc3c(c2)-c2cccc4ccc(-c5cccc(-c6c7ccccc7cc7c6ccc6ccccc67)c5)c(c24)O3)cc1. The van der Waals surface area contributed by atoms with E-state index in [1.807, 2.05) is 0 Å². The van der Waals surface area contributed by atoms with Gasteiger partial charge < -0.3 is 4.74 Å². The van der Waals surface area contributed by atoms with Gasteiger partial charge in [0, 0.05) is 16.5 Å². The lowest BCUT2D eigenvalue weighted by molar-refractivity contribution is 0.489. The topological polar surface area (TPSA) is 9.23 Å². The van der Waals surface area contributed by atoms with Crippen molar-refractivity contribution >= 4 is 43.1 Å². The lowest BCUT2D eigenvalue weighted by atomic mass is 9.87. The van der Waals surface area contributed by atoms with E-state index >= 15 is 0 Å². The Bertz CT molecular complexity index is 2700. The van der Waals surface area contributed by atoms with Crippen molar-refractivity contribution < 1.29 is 4.74 Å². The van der Waals surface area contributed by atoms with E-state index in [9.17, 15) is 0 Å². The fraction of sp³-hybridized carbons (Fsp3) is 0. The molecule has 0 fully saturated rings. The monoisotopic (exact) mass is 596 g/mol. The van der Waals surface area contributed by atoms with E-state index in [2.05, 4.69) is 170 Å². The predicted octanol–water partition coefficient (Wildman–Crippen LogP) is 13.1. The molecule has 1 heteroatoms. The summed E-state index contributed by atoms with van der Waals surface area (Å²) in [5.74, 6) is 1.81. The van der Waals surface area contributed by atoms with Gasteiger partial charge >= 0.3 is 0 Å². The van der Waals surface area contributed by atoms with Crippen molar-refractivity contribution in [2.45, 2.75) is 0 Å². The maximum Gasteiger partial charge on any atom is 0.143 e. The zero-order chi connectivity index (χ0) is 30.9. The Kier molecular flexibility index (Phi) is 5.64. The van der Waals surface area contributed by atoms with Crippen molar-refractivity contribution in [2.75, 3.05) is 0 Å². The fourth-order valence-corrected chi connectivity index (χ4v) is 7.63. The quantitative estimate of drug-likeness (QED) is 0.146. The standard InChI is InChI=1S/C46H28O/c1-2-10-29(11-3-1)32-22-25-43-42(27-32)39-19-9-14-31-21-23-38(46(47-43)45(31)39)33-15-8-16-35(26-33)44-37-18-7-5-13-34(37)28-41-36-17-6-4-12-30(36)20-24-40(41)44/h1-28H. The number of benzene rings is 9. The van der Waals surface area contributed by atoms with Gasteiger partial charge in [0.25, 0.3) is 0 Å².